The second-order valence-electron chi connectivity index (χ2n) is 7.34. The van der Waals surface area contributed by atoms with Crippen LogP contribution in [0.15, 0.2) is 24.3 Å². The molecule has 2 amide bonds. The maximum Gasteiger partial charge on any atom is 0.253 e. The van der Waals surface area contributed by atoms with Crippen molar-refractivity contribution in [3.63, 3.8) is 0 Å². The fraction of sp³-hybridized carbons (Fsp3) is 0.579. The number of nitrogens with one attached hydrogen (secondary N) is 1. The van der Waals surface area contributed by atoms with Crippen LogP contribution in [0, 0.1) is 6.92 Å². The van der Waals surface area contributed by atoms with Crippen molar-refractivity contribution in [2.45, 2.75) is 45.2 Å². The summed E-state index contributed by atoms with van der Waals surface area (Å²) in [6.45, 7) is 4.88. The Kier molecular flexibility index (Phi) is 5.86. The molecule has 0 bridgehead atoms. The Morgan fingerprint density at radius 2 is 2.04 bits per heavy atom. The summed E-state index contributed by atoms with van der Waals surface area (Å²) >= 11 is 0. The summed E-state index contributed by atoms with van der Waals surface area (Å²) in [5.41, 5.74) is 2.06. The fourth-order valence-corrected chi connectivity index (χ4v) is 5.41. The van der Waals surface area contributed by atoms with E-state index in [4.69, 9.17) is 0 Å². The molecule has 0 spiro atoms. The van der Waals surface area contributed by atoms with Crippen LogP contribution in [0.25, 0.3) is 0 Å². The molecule has 148 valence electrons. The maximum atomic E-state index is 12.8. The molecule has 1 aromatic carbocycles. The quantitative estimate of drug-likeness (QED) is 0.795. The molecule has 2 atom stereocenters. The Labute approximate surface area is 160 Å². The third-order valence-corrected chi connectivity index (χ3v) is 7.04. The Morgan fingerprint density at radius 1 is 1.30 bits per heavy atom. The Bertz CT molecular complexity index is 824. The molecule has 0 radical (unpaired) electrons. The number of sulfonamides is 1. The van der Waals surface area contributed by atoms with Crippen LogP contribution in [-0.2, 0) is 26.0 Å². The number of amides is 2. The van der Waals surface area contributed by atoms with Crippen molar-refractivity contribution in [3.8, 4) is 0 Å². The molecule has 2 fully saturated rings. The minimum Gasteiger partial charge on any atom is -0.352 e. The summed E-state index contributed by atoms with van der Waals surface area (Å²) in [5.74, 6) is -0.485. The summed E-state index contributed by atoms with van der Waals surface area (Å²) in [6, 6.07) is 7.15. The lowest BCUT2D eigenvalue weighted by Crippen LogP contribution is -2.44. The molecule has 7 nitrogen and oxygen atoms in total. The van der Waals surface area contributed by atoms with Crippen LogP contribution >= 0.6 is 0 Å². The van der Waals surface area contributed by atoms with Crippen molar-refractivity contribution < 1.29 is 18.0 Å². The molecule has 1 aromatic rings. The van der Waals surface area contributed by atoms with Gasteiger partial charge in [0.1, 0.15) is 0 Å². The Hall–Kier alpha value is -1.93. The Morgan fingerprint density at radius 3 is 2.74 bits per heavy atom. The number of hydrogen-bond donors (Lipinski definition) is 1. The van der Waals surface area contributed by atoms with Crippen LogP contribution in [0.2, 0.25) is 0 Å². The van der Waals surface area contributed by atoms with Crippen molar-refractivity contribution in [2.24, 2.45) is 0 Å². The van der Waals surface area contributed by atoms with E-state index < -0.39 is 16.1 Å². The number of fused-ring (bicyclic) bond motifs is 1. The van der Waals surface area contributed by atoms with Gasteiger partial charge in [0.2, 0.25) is 15.9 Å². The highest BCUT2D eigenvalue weighted by Gasteiger charge is 2.44. The minimum absolute atomic E-state index is 0.0564. The summed E-state index contributed by atoms with van der Waals surface area (Å²) in [6.07, 6.45) is 1.35. The highest BCUT2D eigenvalue weighted by atomic mass is 32.2. The van der Waals surface area contributed by atoms with Crippen LogP contribution in [0.5, 0.6) is 0 Å². The standard InChI is InChI=1S/C19H27N3O4S/c1-3-8-22-19(24)17-12-16(13-21(17)9-10-27(22,25)26)20-18(23)11-15-7-5-4-6-14(15)2/h4-7,16-17H,3,8-13H2,1-2H3,(H,20,23)/t16-,17-/m0/s1. The lowest BCUT2D eigenvalue weighted by Gasteiger charge is -2.23. The molecule has 1 N–H and O–H groups in total. The monoisotopic (exact) mass is 393 g/mol. The average Bonchev–Trinajstić information content (AvgIpc) is 2.98. The molecule has 3 rings (SSSR count). The number of benzene rings is 1. The normalized spacial score (nSPS) is 25.1. The highest BCUT2D eigenvalue weighted by molar-refractivity contribution is 7.89. The van der Waals surface area contributed by atoms with E-state index in [2.05, 4.69) is 5.32 Å². The number of carbonyl (C=O) groups excluding carboxylic acids is 2. The number of carbonyl (C=O) groups is 2. The fourth-order valence-electron chi connectivity index (χ4n) is 3.87. The minimum atomic E-state index is -3.54. The lowest BCUT2D eigenvalue weighted by molar-refractivity contribution is -0.130. The number of rotatable bonds is 5. The molecule has 2 saturated heterocycles. The molecule has 8 heteroatoms. The second kappa shape index (κ2) is 7.98. The van der Waals surface area contributed by atoms with Gasteiger partial charge in [-0.15, -0.1) is 0 Å². The first kappa shape index (κ1) is 19.8. The third-order valence-electron chi connectivity index (χ3n) is 5.31. The SMILES string of the molecule is CCCN1C(=O)[C@@H]2C[C@H](NC(=O)Cc3ccccc3C)CN2CCS1(=O)=O. The molecule has 0 unspecified atom stereocenters. The molecule has 27 heavy (non-hydrogen) atoms. The van der Waals surface area contributed by atoms with E-state index in [1.54, 1.807) is 0 Å². The number of aryl methyl sites for hydroxylation is 1. The van der Waals surface area contributed by atoms with Crippen molar-refractivity contribution in [1.29, 1.82) is 0 Å². The van der Waals surface area contributed by atoms with Gasteiger partial charge in [-0.25, -0.2) is 12.7 Å². The molecular formula is C19H27N3O4S. The smallest absolute Gasteiger partial charge is 0.253 e. The number of nitrogens with zero attached hydrogens (tertiary/aromatic N) is 2. The molecule has 0 saturated carbocycles. The van der Waals surface area contributed by atoms with E-state index in [9.17, 15) is 18.0 Å². The van der Waals surface area contributed by atoms with Gasteiger partial charge in [-0.05, 0) is 30.9 Å². The Balaban J connectivity index is 1.65. The zero-order chi connectivity index (χ0) is 19.6. The van der Waals surface area contributed by atoms with E-state index >= 15 is 0 Å². The second-order valence-corrected chi connectivity index (χ2v) is 9.35. The van der Waals surface area contributed by atoms with Gasteiger partial charge in [-0.1, -0.05) is 31.2 Å². The summed E-state index contributed by atoms with van der Waals surface area (Å²) in [4.78, 5) is 27.1. The summed E-state index contributed by atoms with van der Waals surface area (Å²) in [5, 5.41) is 3.02. The third kappa shape index (κ3) is 4.32. The van der Waals surface area contributed by atoms with E-state index in [-0.39, 0.29) is 30.2 Å². The summed E-state index contributed by atoms with van der Waals surface area (Å²) in [7, 11) is -3.54. The molecular weight excluding hydrogens is 366 g/mol. The van der Waals surface area contributed by atoms with E-state index in [1.807, 2.05) is 43.0 Å². The van der Waals surface area contributed by atoms with E-state index in [0.29, 0.717) is 32.4 Å². The lowest BCUT2D eigenvalue weighted by atomic mass is 10.1. The predicted octanol–water partition coefficient (Wildman–Crippen LogP) is 0.679. The molecule has 2 aliphatic heterocycles. The van der Waals surface area contributed by atoms with E-state index in [0.717, 1.165) is 15.4 Å². The van der Waals surface area contributed by atoms with Gasteiger partial charge in [0.25, 0.3) is 5.91 Å². The van der Waals surface area contributed by atoms with Gasteiger partial charge >= 0.3 is 0 Å². The zero-order valence-corrected chi connectivity index (χ0v) is 16.7. The van der Waals surface area contributed by atoms with Gasteiger partial charge in [-0.2, -0.15) is 0 Å². The van der Waals surface area contributed by atoms with Crippen molar-refractivity contribution in [3.05, 3.63) is 35.4 Å². The number of hydrogen-bond acceptors (Lipinski definition) is 5. The largest absolute Gasteiger partial charge is 0.352 e. The molecule has 0 aromatic heterocycles. The van der Waals surface area contributed by atoms with Crippen LogP contribution in [0.1, 0.15) is 30.9 Å². The van der Waals surface area contributed by atoms with Gasteiger partial charge in [0, 0.05) is 25.7 Å². The first-order valence-corrected chi connectivity index (χ1v) is 11.0. The van der Waals surface area contributed by atoms with Crippen molar-refractivity contribution >= 4 is 21.8 Å². The van der Waals surface area contributed by atoms with Crippen molar-refractivity contribution in [2.75, 3.05) is 25.4 Å². The van der Waals surface area contributed by atoms with Crippen LogP contribution in [0.4, 0.5) is 0 Å². The maximum absolute atomic E-state index is 12.8. The molecule has 2 aliphatic rings. The van der Waals surface area contributed by atoms with Crippen molar-refractivity contribution in [1.82, 2.24) is 14.5 Å². The molecule has 0 aliphatic carbocycles. The summed E-state index contributed by atoms with van der Waals surface area (Å²) < 4.78 is 25.7. The van der Waals surface area contributed by atoms with Crippen LogP contribution in [-0.4, -0.2) is 66.9 Å². The highest BCUT2D eigenvalue weighted by Crippen LogP contribution is 2.25. The average molecular weight is 394 g/mol. The molecule has 2 heterocycles. The van der Waals surface area contributed by atoms with Gasteiger partial charge in [0.05, 0.1) is 18.2 Å². The first-order valence-electron chi connectivity index (χ1n) is 9.44. The predicted molar refractivity (Wildman–Crippen MR) is 103 cm³/mol. The van der Waals surface area contributed by atoms with Gasteiger partial charge < -0.3 is 5.32 Å². The topological polar surface area (TPSA) is 86.8 Å². The first-order chi connectivity index (χ1) is 12.8. The van der Waals surface area contributed by atoms with E-state index in [1.165, 1.54) is 0 Å². The zero-order valence-electron chi connectivity index (χ0n) is 15.8. The van der Waals surface area contributed by atoms with Gasteiger partial charge in [-0.3, -0.25) is 14.5 Å². The van der Waals surface area contributed by atoms with Crippen LogP contribution < -0.4 is 5.32 Å². The van der Waals surface area contributed by atoms with Gasteiger partial charge in [0.15, 0.2) is 0 Å². The van der Waals surface area contributed by atoms with Crippen LogP contribution in [0.3, 0.4) is 0 Å².